The van der Waals surface area contributed by atoms with Crippen LogP contribution in [0.1, 0.15) is 25.0 Å². The summed E-state index contributed by atoms with van der Waals surface area (Å²) in [6.45, 7) is 7.06. The van der Waals surface area contributed by atoms with E-state index in [1.54, 1.807) is 6.92 Å². The molecule has 5 unspecified atom stereocenters. The molecule has 5 atom stereocenters. The number of nitrogens with one attached hydrogen (secondary N) is 1. The Morgan fingerprint density at radius 3 is 2.00 bits per heavy atom. The van der Waals surface area contributed by atoms with Crippen LogP contribution in [0.15, 0.2) is 18.2 Å². The van der Waals surface area contributed by atoms with Crippen molar-refractivity contribution in [3.8, 4) is 0 Å². The molecule has 1 heterocycles. The Morgan fingerprint density at radius 1 is 1.11 bits per heavy atom. The SMILES string of the molecule is CC(=O)Nc1cc(C)cc(C)c1.COC1OC(CO)C(C)C(O)C1O.[Y].[Y].[Y]. The van der Waals surface area contributed by atoms with E-state index in [-0.39, 0.29) is 117 Å². The molecule has 1 aromatic carbocycles. The molecule has 151 valence electrons. The Kier molecular flexibility index (Phi) is 21.3. The van der Waals surface area contributed by atoms with Crippen LogP contribution in [0, 0.1) is 19.8 Å². The van der Waals surface area contributed by atoms with Crippen molar-refractivity contribution < 1.29 is 128 Å². The van der Waals surface area contributed by atoms with Gasteiger partial charge in [0.1, 0.15) is 6.10 Å². The van der Waals surface area contributed by atoms with Gasteiger partial charge in [0.25, 0.3) is 0 Å². The monoisotopic (exact) mass is 622 g/mol. The summed E-state index contributed by atoms with van der Waals surface area (Å²) in [6, 6.07) is 5.98. The zero-order chi connectivity index (χ0) is 19.1. The minimum atomic E-state index is -1.05. The van der Waals surface area contributed by atoms with E-state index in [1.807, 2.05) is 26.0 Å². The van der Waals surface area contributed by atoms with E-state index in [0.29, 0.717) is 0 Å². The number of hydrogen-bond acceptors (Lipinski definition) is 6. The first-order valence-electron chi connectivity index (χ1n) is 8.20. The predicted molar refractivity (Wildman–Crippen MR) is 94.2 cm³/mol. The molecule has 28 heavy (non-hydrogen) atoms. The van der Waals surface area contributed by atoms with E-state index >= 15 is 0 Å². The number of aliphatic hydroxyl groups excluding tert-OH is 3. The number of carbonyl (C=O) groups excluding carboxylic acids is 1. The molecule has 0 aromatic heterocycles. The van der Waals surface area contributed by atoms with Gasteiger partial charge in [-0.25, -0.2) is 0 Å². The van der Waals surface area contributed by atoms with Crippen LogP contribution in [0.25, 0.3) is 0 Å². The number of amides is 1. The average molecular weight is 622 g/mol. The Hall–Kier alpha value is 1.80. The zero-order valence-electron chi connectivity index (χ0n) is 17.1. The third-order valence-electron chi connectivity index (χ3n) is 4.02. The Morgan fingerprint density at radius 2 is 1.61 bits per heavy atom. The predicted octanol–water partition coefficient (Wildman–Crippen LogP) is 0.962. The number of rotatable bonds is 3. The van der Waals surface area contributed by atoms with Gasteiger partial charge in [0, 0.05) is 124 Å². The van der Waals surface area contributed by atoms with E-state index in [2.05, 4.69) is 11.4 Å². The number of anilines is 1. The van der Waals surface area contributed by atoms with Crippen molar-refractivity contribution in [2.24, 2.45) is 5.92 Å². The van der Waals surface area contributed by atoms with Crippen molar-refractivity contribution in [1.29, 1.82) is 0 Å². The third-order valence-corrected chi connectivity index (χ3v) is 4.02. The molecule has 0 bridgehead atoms. The van der Waals surface area contributed by atoms with Gasteiger partial charge in [0.15, 0.2) is 6.29 Å². The second-order valence-electron chi connectivity index (χ2n) is 6.36. The molecule has 1 aliphatic heterocycles. The zero-order valence-corrected chi connectivity index (χ0v) is 25.6. The number of carbonyl (C=O) groups is 1. The molecule has 3 radical (unpaired) electrons. The molecule has 1 amide bonds. The molecule has 2 rings (SSSR count). The van der Waals surface area contributed by atoms with Crippen LogP contribution in [0.3, 0.4) is 0 Å². The van der Waals surface area contributed by atoms with Gasteiger partial charge in [-0.3, -0.25) is 4.79 Å². The summed E-state index contributed by atoms with van der Waals surface area (Å²) in [5.41, 5.74) is 3.21. The fourth-order valence-corrected chi connectivity index (χ4v) is 2.72. The third kappa shape index (κ3) is 11.4. The summed E-state index contributed by atoms with van der Waals surface area (Å²) >= 11 is 0. The number of hydrogen-bond donors (Lipinski definition) is 4. The normalized spacial score (nSPS) is 25.6. The summed E-state index contributed by atoms with van der Waals surface area (Å²) in [6.07, 6.45) is -3.31. The van der Waals surface area contributed by atoms with Gasteiger partial charge in [0.05, 0.1) is 18.8 Å². The van der Waals surface area contributed by atoms with Gasteiger partial charge in [-0.2, -0.15) is 0 Å². The van der Waals surface area contributed by atoms with Crippen LogP contribution in [0.5, 0.6) is 0 Å². The van der Waals surface area contributed by atoms with Gasteiger partial charge < -0.3 is 30.1 Å². The van der Waals surface area contributed by atoms with Crippen molar-refractivity contribution in [3.05, 3.63) is 29.3 Å². The van der Waals surface area contributed by atoms with Crippen LogP contribution < -0.4 is 5.32 Å². The maximum atomic E-state index is 10.7. The Bertz CT molecular complexity index is 538. The van der Waals surface area contributed by atoms with Crippen molar-refractivity contribution >= 4 is 11.6 Å². The Balaban J connectivity index is -0.000000404. The first-order chi connectivity index (χ1) is 11.7. The van der Waals surface area contributed by atoms with Crippen LogP contribution in [0.4, 0.5) is 5.69 Å². The van der Waals surface area contributed by atoms with Crippen molar-refractivity contribution in [2.75, 3.05) is 19.0 Å². The molecule has 1 fully saturated rings. The van der Waals surface area contributed by atoms with Crippen LogP contribution >= 0.6 is 0 Å². The summed E-state index contributed by atoms with van der Waals surface area (Å²) < 4.78 is 10.0. The molecular formula is C18H29NO6Y3. The molecular weight excluding hydrogens is 593 g/mol. The molecule has 0 saturated carbocycles. The van der Waals surface area contributed by atoms with E-state index in [0.717, 1.165) is 5.69 Å². The van der Waals surface area contributed by atoms with Crippen LogP contribution in [-0.4, -0.2) is 59.5 Å². The number of ether oxygens (including phenoxy) is 2. The first kappa shape index (κ1) is 34.4. The largest absolute Gasteiger partial charge is 0.394 e. The number of methoxy groups -OCH3 is 1. The van der Waals surface area contributed by atoms with E-state index in [1.165, 1.54) is 25.2 Å². The van der Waals surface area contributed by atoms with Crippen LogP contribution in [-0.2, 0) is 112 Å². The van der Waals surface area contributed by atoms with E-state index < -0.39 is 24.6 Å². The molecule has 1 aliphatic rings. The fraction of sp³-hybridized carbons (Fsp3) is 0.611. The summed E-state index contributed by atoms with van der Waals surface area (Å²) in [7, 11) is 1.38. The molecule has 0 spiro atoms. The minimum absolute atomic E-state index is 0. The topological polar surface area (TPSA) is 108 Å². The number of aliphatic hydroxyl groups is 3. The van der Waals surface area contributed by atoms with Gasteiger partial charge in [0.2, 0.25) is 5.91 Å². The van der Waals surface area contributed by atoms with Crippen molar-refractivity contribution in [2.45, 2.75) is 52.3 Å². The fourth-order valence-electron chi connectivity index (χ4n) is 2.72. The van der Waals surface area contributed by atoms with Gasteiger partial charge >= 0.3 is 0 Å². The van der Waals surface area contributed by atoms with Gasteiger partial charge in [-0.1, -0.05) is 13.0 Å². The summed E-state index contributed by atoms with van der Waals surface area (Å²) in [5.74, 6) is -0.327. The van der Waals surface area contributed by atoms with Gasteiger partial charge in [-0.05, 0) is 37.1 Å². The second kappa shape index (κ2) is 17.4. The molecule has 10 heteroatoms. The quantitative estimate of drug-likeness (QED) is 0.401. The van der Waals surface area contributed by atoms with E-state index in [4.69, 9.17) is 14.6 Å². The molecule has 1 aromatic rings. The smallest absolute Gasteiger partial charge is 0.221 e. The van der Waals surface area contributed by atoms with Crippen molar-refractivity contribution in [1.82, 2.24) is 0 Å². The maximum Gasteiger partial charge on any atom is 0.221 e. The number of aryl methyl sites for hydroxylation is 2. The molecule has 7 nitrogen and oxygen atoms in total. The molecule has 0 aliphatic carbocycles. The van der Waals surface area contributed by atoms with E-state index in [9.17, 15) is 15.0 Å². The first-order valence-corrected chi connectivity index (χ1v) is 8.20. The maximum absolute atomic E-state index is 10.7. The molecule has 4 N–H and O–H groups in total. The molecule has 1 saturated heterocycles. The minimum Gasteiger partial charge on any atom is -0.394 e. The van der Waals surface area contributed by atoms with Gasteiger partial charge in [-0.15, -0.1) is 0 Å². The van der Waals surface area contributed by atoms with Crippen LogP contribution in [0.2, 0.25) is 0 Å². The Labute approximate surface area is 242 Å². The average Bonchev–Trinajstić information content (AvgIpc) is 2.52. The standard InChI is InChI=1S/C10H13NO.C8H16O5.3Y/c1-7-4-8(2)6-10(5-7)11-9(3)12;1-4-5(3-9)13-8(12-2)7(11)6(4)10;;;/h4-6H,1-3H3,(H,11,12);4-11H,3H2,1-2H3;;;. The second-order valence-corrected chi connectivity index (χ2v) is 6.36. The summed E-state index contributed by atoms with van der Waals surface area (Å²) in [5, 5.41) is 30.6. The number of benzene rings is 1. The summed E-state index contributed by atoms with van der Waals surface area (Å²) in [4.78, 5) is 10.7. The van der Waals surface area contributed by atoms with Crippen molar-refractivity contribution in [3.63, 3.8) is 0 Å².